The number of carbonyl (C=O) groups is 1. The number of amides is 2. The van der Waals surface area contributed by atoms with Gasteiger partial charge in [-0.05, 0) is 36.4 Å². The van der Waals surface area contributed by atoms with E-state index in [0.717, 1.165) is 10.6 Å². The van der Waals surface area contributed by atoms with Crippen LogP contribution in [-0.4, -0.2) is 19.1 Å². The predicted molar refractivity (Wildman–Crippen MR) is 85.1 cm³/mol. The van der Waals surface area contributed by atoms with Crippen LogP contribution in [0.25, 0.3) is 0 Å². The number of carbonyl (C=O) groups excluding carboxylic acids is 1. The Morgan fingerprint density at radius 1 is 1.14 bits per heavy atom. The van der Waals surface area contributed by atoms with E-state index in [0.29, 0.717) is 23.9 Å². The fraction of sp³-hybridized carbons (Fsp3) is 0.133. The molecule has 0 saturated carbocycles. The lowest BCUT2D eigenvalue weighted by molar-refractivity contribution is 0.252. The Hall–Kier alpha value is -1.85. The Morgan fingerprint density at radius 2 is 1.90 bits per heavy atom. The van der Waals surface area contributed by atoms with Crippen LogP contribution in [0.1, 0.15) is 0 Å². The number of hydrogen-bond acceptors (Lipinski definition) is 3. The van der Waals surface area contributed by atoms with Crippen molar-refractivity contribution in [1.82, 2.24) is 5.32 Å². The zero-order valence-corrected chi connectivity index (χ0v) is 12.7. The van der Waals surface area contributed by atoms with Crippen molar-refractivity contribution in [1.29, 1.82) is 0 Å². The van der Waals surface area contributed by atoms with Gasteiger partial charge in [-0.2, -0.15) is 0 Å². The van der Waals surface area contributed by atoms with Crippen LogP contribution in [0.15, 0.2) is 53.4 Å². The van der Waals surface area contributed by atoms with E-state index in [9.17, 15) is 4.79 Å². The number of para-hydroxylation sites is 1. The average molecular weight is 321 g/mol. The molecule has 0 atom stereocenters. The molecule has 21 heavy (non-hydrogen) atoms. The zero-order valence-electron chi connectivity index (χ0n) is 11.1. The molecular weight excluding hydrogens is 308 g/mol. The molecule has 4 nitrogen and oxygen atoms in total. The first-order valence-corrected chi connectivity index (χ1v) is 7.60. The Balaban J connectivity index is 1.65. The molecule has 0 bridgehead atoms. The number of hydrogen-bond donors (Lipinski definition) is 1. The van der Waals surface area contributed by atoms with E-state index < -0.39 is 0 Å². The van der Waals surface area contributed by atoms with Crippen LogP contribution >= 0.6 is 23.6 Å². The Kier molecular flexibility index (Phi) is 4.22. The first-order valence-electron chi connectivity index (χ1n) is 6.48. The van der Waals surface area contributed by atoms with E-state index in [-0.39, 0.29) is 6.03 Å². The van der Waals surface area contributed by atoms with Crippen LogP contribution in [0.4, 0.5) is 10.5 Å². The summed E-state index contributed by atoms with van der Waals surface area (Å²) < 4.78 is 5.60. The monoisotopic (exact) mass is 320 g/mol. The minimum Gasteiger partial charge on any atom is -0.419 e. The van der Waals surface area contributed by atoms with E-state index in [1.54, 1.807) is 11.0 Å². The SMILES string of the molecule is O=C1NCCN1c1ccc(SOc2ccccc2Cl)cc1. The first kappa shape index (κ1) is 14.1. The molecule has 6 heteroatoms. The van der Waals surface area contributed by atoms with E-state index >= 15 is 0 Å². The van der Waals surface area contributed by atoms with E-state index in [4.69, 9.17) is 15.8 Å². The topological polar surface area (TPSA) is 41.6 Å². The van der Waals surface area contributed by atoms with Crippen molar-refractivity contribution in [2.45, 2.75) is 4.90 Å². The number of halogens is 1. The van der Waals surface area contributed by atoms with Crippen molar-refractivity contribution in [2.75, 3.05) is 18.0 Å². The summed E-state index contributed by atoms with van der Waals surface area (Å²) in [5.41, 5.74) is 0.882. The van der Waals surface area contributed by atoms with Gasteiger partial charge in [-0.1, -0.05) is 23.7 Å². The summed E-state index contributed by atoms with van der Waals surface area (Å²) in [6.45, 7) is 1.38. The van der Waals surface area contributed by atoms with Crippen LogP contribution in [0, 0.1) is 0 Å². The van der Waals surface area contributed by atoms with E-state index in [1.165, 1.54) is 12.0 Å². The summed E-state index contributed by atoms with van der Waals surface area (Å²) in [5.74, 6) is 0.632. The molecule has 0 radical (unpaired) electrons. The molecule has 1 saturated heterocycles. The third-order valence-electron chi connectivity index (χ3n) is 3.07. The van der Waals surface area contributed by atoms with Gasteiger partial charge in [-0.15, -0.1) is 0 Å². The molecule has 1 aliphatic heterocycles. The van der Waals surface area contributed by atoms with Gasteiger partial charge in [0, 0.05) is 23.7 Å². The third-order valence-corrected chi connectivity index (χ3v) is 4.11. The molecule has 2 aromatic carbocycles. The summed E-state index contributed by atoms with van der Waals surface area (Å²) in [6.07, 6.45) is 0. The maximum Gasteiger partial charge on any atom is 0.321 e. The van der Waals surface area contributed by atoms with Crippen molar-refractivity contribution < 1.29 is 8.98 Å². The molecule has 1 aliphatic rings. The second kappa shape index (κ2) is 6.28. The van der Waals surface area contributed by atoms with Gasteiger partial charge < -0.3 is 9.50 Å². The maximum atomic E-state index is 11.6. The molecule has 0 aliphatic carbocycles. The highest BCUT2D eigenvalue weighted by Gasteiger charge is 2.20. The highest BCUT2D eigenvalue weighted by Crippen LogP contribution is 2.30. The number of nitrogens with zero attached hydrogens (tertiary/aromatic N) is 1. The van der Waals surface area contributed by atoms with Gasteiger partial charge >= 0.3 is 6.03 Å². The highest BCUT2D eigenvalue weighted by molar-refractivity contribution is 7.95. The van der Waals surface area contributed by atoms with Crippen LogP contribution in [0.2, 0.25) is 5.02 Å². The van der Waals surface area contributed by atoms with Crippen molar-refractivity contribution in [3.63, 3.8) is 0 Å². The number of rotatable bonds is 4. The second-order valence-corrected chi connectivity index (χ2v) is 5.69. The minimum absolute atomic E-state index is 0.0530. The van der Waals surface area contributed by atoms with Crippen molar-refractivity contribution in [3.8, 4) is 5.75 Å². The smallest absolute Gasteiger partial charge is 0.321 e. The van der Waals surface area contributed by atoms with Gasteiger partial charge in [0.15, 0.2) is 5.75 Å². The molecule has 1 N–H and O–H groups in total. The van der Waals surface area contributed by atoms with Gasteiger partial charge in [0.05, 0.1) is 17.1 Å². The van der Waals surface area contributed by atoms with Crippen molar-refractivity contribution in [2.24, 2.45) is 0 Å². The van der Waals surface area contributed by atoms with Gasteiger partial charge in [-0.25, -0.2) is 4.79 Å². The number of anilines is 1. The highest BCUT2D eigenvalue weighted by atomic mass is 35.5. The Labute approximate surface area is 132 Å². The van der Waals surface area contributed by atoms with Gasteiger partial charge in [-0.3, -0.25) is 4.90 Å². The lowest BCUT2D eigenvalue weighted by atomic mass is 10.3. The van der Waals surface area contributed by atoms with Crippen LogP contribution in [0.3, 0.4) is 0 Å². The summed E-state index contributed by atoms with van der Waals surface area (Å²) in [7, 11) is 0. The van der Waals surface area contributed by atoms with E-state index in [1.807, 2.05) is 42.5 Å². The Bertz CT molecular complexity index is 648. The molecule has 2 aromatic rings. The van der Waals surface area contributed by atoms with E-state index in [2.05, 4.69) is 5.32 Å². The second-order valence-electron chi connectivity index (χ2n) is 4.47. The number of urea groups is 1. The first-order chi connectivity index (χ1) is 10.2. The predicted octanol–water partition coefficient (Wildman–Crippen LogP) is 3.96. The van der Waals surface area contributed by atoms with Gasteiger partial charge in [0.2, 0.25) is 0 Å². The molecule has 2 amide bonds. The largest absolute Gasteiger partial charge is 0.419 e. The molecule has 1 fully saturated rings. The lowest BCUT2D eigenvalue weighted by Gasteiger charge is -2.14. The fourth-order valence-electron chi connectivity index (χ4n) is 2.00. The number of nitrogens with one attached hydrogen (secondary N) is 1. The quantitative estimate of drug-likeness (QED) is 0.867. The molecule has 108 valence electrons. The third kappa shape index (κ3) is 3.25. The number of benzene rings is 2. The summed E-state index contributed by atoms with van der Waals surface area (Å²) in [6, 6.07) is 14.9. The van der Waals surface area contributed by atoms with Crippen LogP contribution < -0.4 is 14.4 Å². The van der Waals surface area contributed by atoms with Crippen molar-refractivity contribution >= 4 is 35.4 Å². The Morgan fingerprint density at radius 3 is 2.57 bits per heavy atom. The van der Waals surface area contributed by atoms with Crippen LogP contribution in [-0.2, 0) is 0 Å². The molecular formula is C15H13ClN2O2S. The standard InChI is InChI=1S/C15H13ClN2O2S/c16-13-3-1-2-4-14(13)20-21-12-7-5-11(6-8-12)18-10-9-17-15(18)19/h1-8H,9-10H2,(H,17,19). The van der Waals surface area contributed by atoms with Gasteiger partial charge in [0.1, 0.15) is 0 Å². The fourth-order valence-corrected chi connectivity index (χ4v) is 2.80. The molecule has 0 spiro atoms. The average Bonchev–Trinajstić information content (AvgIpc) is 2.93. The van der Waals surface area contributed by atoms with Crippen molar-refractivity contribution in [3.05, 3.63) is 53.6 Å². The molecule has 0 aromatic heterocycles. The minimum atomic E-state index is -0.0530. The summed E-state index contributed by atoms with van der Waals surface area (Å²) in [5, 5.41) is 3.36. The van der Waals surface area contributed by atoms with Crippen LogP contribution in [0.5, 0.6) is 5.75 Å². The van der Waals surface area contributed by atoms with Gasteiger partial charge in [0.25, 0.3) is 0 Å². The lowest BCUT2D eigenvalue weighted by Crippen LogP contribution is -2.27. The maximum absolute atomic E-state index is 11.6. The molecule has 3 rings (SSSR count). The molecule has 0 unspecified atom stereocenters. The summed E-state index contributed by atoms with van der Waals surface area (Å²) in [4.78, 5) is 14.2. The zero-order chi connectivity index (χ0) is 14.7. The summed E-state index contributed by atoms with van der Waals surface area (Å²) >= 11 is 7.26. The normalized spacial score (nSPS) is 14.1. The molecule has 1 heterocycles.